The molecule has 30 heavy (non-hydrogen) atoms. The fourth-order valence-electron chi connectivity index (χ4n) is 2.84. The first-order valence-corrected chi connectivity index (χ1v) is 9.81. The Bertz CT molecular complexity index is 1300. The molecule has 4 rings (SSSR count). The Morgan fingerprint density at radius 1 is 1.13 bits per heavy atom. The highest BCUT2D eigenvalue weighted by Gasteiger charge is 2.17. The van der Waals surface area contributed by atoms with Crippen LogP contribution in [-0.2, 0) is 0 Å². The number of nitrogens with zero attached hydrogens (tertiary/aromatic N) is 4. The van der Waals surface area contributed by atoms with Crippen molar-refractivity contribution in [2.45, 2.75) is 6.92 Å². The van der Waals surface area contributed by atoms with E-state index in [1.165, 1.54) is 0 Å². The molecular weight excluding hydrogens is 450 g/mol. The van der Waals surface area contributed by atoms with Crippen molar-refractivity contribution in [2.75, 3.05) is 6.61 Å². The first kappa shape index (κ1) is 19.7. The lowest BCUT2D eigenvalue weighted by Crippen LogP contribution is -2.29. The van der Waals surface area contributed by atoms with Crippen LogP contribution in [0.4, 0.5) is 11.4 Å². The maximum absolute atomic E-state index is 12.6. The van der Waals surface area contributed by atoms with Gasteiger partial charge < -0.3 is 4.74 Å². The fourth-order valence-corrected chi connectivity index (χ4v) is 3.11. The number of nitrogens with one attached hydrogen (secondary N) is 1. The van der Waals surface area contributed by atoms with Crippen molar-refractivity contribution in [2.24, 2.45) is 10.2 Å². The van der Waals surface area contributed by atoms with E-state index in [4.69, 9.17) is 4.74 Å². The minimum Gasteiger partial charge on any atom is -0.481 e. The highest BCUT2D eigenvalue weighted by Crippen LogP contribution is 2.23. The second kappa shape index (κ2) is 8.42. The van der Waals surface area contributed by atoms with Crippen LogP contribution in [0.2, 0.25) is 0 Å². The number of pyridine rings is 1. The molecule has 2 heterocycles. The standard InChI is InChI=1S/C21H16BrN5O3/c1-13-19(25-24-16-9-7-15(22)8-10-16)21(29)27(26-13)18(28)12-30-17-6-2-4-14-5-3-11-23-20(14)17/h2-11,26H,12H2,1H3. The lowest BCUT2D eigenvalue weighted by molar-refractivity contribution is 0.0817. The number of hydrogen-bond acceptors (Lipinski definition) is 6. The number of ether oxygens (including phenoxy) is 1. The zero-order chi connectivity index (χ0) is 21.1. The van der Waals surface area contributed by atoms with Crippen LogP contribution in [0.25, 0.3) is 10.9 Å². The number of aryl methyl sites for hydroxylation is 1. The lowest BCUT2D eigenvalue weighted by Gasteiger charge is -2.07. The Labute approximate surface area is 179 Å². The highest BCUT2D eigenvalue weighted by molar-refractivity contribution is 9.10. The minimum atomic E-state index is -0.585. The molecule has 2 aromatic carbocycles. The number of aromatic nitrogens is 3. The van der Waals surface area contributed by atoms with Gasteiger partial charge in [-0.05, 0) is 43.3 Å². The molecule has 4 aromatic rings. The van der Waals surface area contributed by atoms with Crippen LogP contribution in [0.3, 0.4) is 0 Å². The third-order valence-corrected chi connectivity index (χ3v) is 4.86. The summed E-state index contributed by atoms with van der Waals surface area (Å²) < 4.78 is 7.42. The molecule has 0 saturated heterocycles. The molecular formula is C21H16BrN5O3. The molecule has 9 heteroatoms. The van der Waals surface area contributed by atoms with E-state index in [1.807, 2.05) is 36.4 Å². The summed E-state index contributed by atoms with van der Waals surface area (Å²) in [4.78, 5) is 29.5. The zero-order valence-corrected chi connectivity index (χ0v) is 17.5. The largest absolute Gasteiger partial charge is 0.481 e. The van der Waals surface area contributed by atoms with Gasteiger partial charge in [0.2, 0.25) is 0 Å². The average Bonchev–Trinajstić information content (AvgIpc) is 3.05. The molecule has 8 nitrogen and oxygen atoms in total. The van der Waals surface area contributed by atoms with Crippen LogP contribution < -0.4 is 10.3 Å². The van der Waals surface area contributed by atoms with Crippen LogP contribution in [0.5, 0.6) is 5.75 Å². The Morgan fingerprint density at radius 3 is 2.70 bits per heavy atom. The molecule has 0 unspecified atom stereocenters. The second-order valence-corrected chi connectivity index (χ2v) is 7.33. The molecule has 1 N–H and O–H groups in total. The number of aromatic amines is 1. The number of benzene rings is 2. The van der Waals surface area contributed by atoms with E-state index in [2.05, 4.69) is 36.2 Å². The van der Waals surface area contributed by atoms with Gasteiger partial charge >= 0.3 is 5.56 Å². The third kappa shape index (κ3) is 4.06. The summed E-state index contributed by atoms with van der Waals surface area (Å²) in [5.41, 5.74) is 1.15. The molecule has 0 spiro atoms. The monoisotopic (exact) mass is 465 g/mol. The molecule has 0 aliphatic carbocycles. The second-order valence-electron chi connectivity index (χ2n) is 6.42. The minimum absolute atomic E-state index is 0.0677. The number of fused-ring (bicyclic) bond motifs is 1. The van der Waals surface area contributed by atoms with E-state index < -0.39 is 11.5 Å². The number of hydrogen-bond donors (Lipinski definition) is 1. The maximum atomic E-state index is 12.6. The quantitative estimate of drug-likeness (QED) is 0.422. The topological polar surface area (TPSA) is 102 Å². The van der Waals surface area contributed by atoms with Crippen molar-refractivity contribution in [1.29, 1.82) is 0 Å². The van der Waals surface area contributed by atoms with Crippen molar-refractivity contribution in [3.8, 4) is 5.75 Å². The number of rotatable bonds is 5. The van der Waals surface area contributed by atoms with E-state index in [1.54, 1.807) is 31.3 Å². The van der Waals surface area contributed by atoms with Crippen LogP contribution in [0.15, 0.2) is 80.3 Å². The molecule has 0 amide bonds. The highest BCUT2D eigenvalue weighted by atomic mass is 79.9. The number of carbonyl (C=O) groups is 1. The van der Waals surface area contributed by atoms with Gasteiger partial charge in [-0.25, -0.2) is 0 Å². The average molecular weight is 466 g/mol. The lowest BCUT2D eigenvalue weighted by atomic mass is 10.2. The Morgan fingerprint density at radius 2 is 1.90 bits per heavy atom. The van der Waals surface area contributed by atoms with Crippen LogP contribution in [0.1, 0.15) is 10.5 Å². The first-order valence-electron chi connectivity index (χ1n) is 9.01. The van der Waals surface area contributed by atoms with Gasteiger partial charge in [0.05, 0.1) is 11.4 Å². The SMILES string of the molecule is Cc1[nH]n(C(=O)COc2cccc3cccnc23)c(=O)c1N=Nc1ccc(Br)cc1. The van der Waals surface area contributed by atoms with E-state index in [0.29, 0.717) is 22.6 Å². The first-order chi connectivity index (χ1) is 14.5. The Kier molecular flexibility index (Phi) is 5.53. The fraction of sp³-hybridized carbons (Fsp3) is 0.0952. The van der Waals surface area contributed by atoms with Crippen molar-refractivity contribution in [1.82, 2.24) is 14.8 Å². The number of H-pyrrole nitrogens is 1. The molecule has 2 aromatic heterocycles. The molecule has 0 radical (unpaired) electrons. The number of azo groups is 1. The van der Waals surface area contributed by atoms with E-state index >= 15 is 0 Å². The summed E-state index contributed by atoms with van der Waals surface area (Å²) in [5.74, 6) is -0.0888. The van der Waals surface area contributed by atoms with Gasteiger partial charge in [-0.2, -0.15) is 9.80 Å². The van der Waals surface area contributed by atoms with E-state index in [-0.39, 0.29) is 12.3 Å². The molecule has 0 aliphatic heterocycles. The van der Waals surface area contributed by atoms with Crippen molar-refractivity contribution >= 4 is 44.1 Å². The zero-order valence-electron chi connectivity index (χ0n) is 15.9. The molecule has 150 valence electrons. The van der Waals surface area contributed by atoms with Gasteiger partial charge in [0.15, 0.2) is 12.3 Å². The molecule has 0 aliphatic rings. The van der Waals surface area contributed by atoms with Crippen molar-refractivity contribution in [3.63, 3.8) is 0 Å². The summed E-state index contributed by atoms with van der Waals surface area (Å²) in [6.07, 6.45) is 1.65. The van der Waals surface area contributed by atoms with Gasteiger partial charge in [-0.15, -0.1) is 5.11 Å². The maximum Gasteiger partial charge on any atom is 0.301 e. The molecule has 0 bridgehead atoms. The Balaban J connectivity index is 1.53. The summed E-state index contributed by atoms with van der Waals surface area (Å²) in [5, 5.41) is 11.7. The number of carbonyl (C=O) groups excluding carboxylic acids is 1. The number of para-hydroxylation sites is 1. The van der Waals surface area contributed by atoms with Gasteiger partial charge in [0, 0.05) is 16.1 Å². The summed E-state index contributed by atoms with van der Waals surface area (Å²) in [6, 6.07) is 16.3. The predicted molar refractivity (Wildman–Crippen MR) is 116 cm³/mol. The van der Waals surface area contributed by atoms with E-state index in [0.717, 1.165) is 14.5 Å². The summed E-state index contributed by atoms with van der Waals surface area (Å²) in [7, 11) is 0. The smallest absolute Gasteiger partial charge is 0.301 e. The van der Waals surface area contributed by atoms with Crippen molar-refractivity contribution < 1.29 is 9.53 Å². The third-order valence-electron chi connectivity index (χ3n) is 4.33. The van der Waals surface area contributed by atoms with E-state index in [9.17, 15) is 9.59 Å². The van der Waals surface area contributed by atoms with Crippen LogP contribution in [-0.4, -0.2) is 27.3 Å². The normalized spacial score (nSPS) is 11.3. The number of halogens is 1. The summed E-state index contributed by atoms with van der Waals surface area (Å²) >= 11 is 3.34. The van der Waals surface area contributed by atoms with Crippen molar-refractivity contribution in [3.05, 3.63) is 81.3 Å². The van der Waals surface area contributed by atoms with Crippen LogP contribution in [0, 0.1) is 6.92 Å². The Hall–Kier alpha value is -3.59. The van der Waals surface area contributed by atoms with Gasteiger partial charge in [-0.3, -0.25) is 19.7 Å². The van der Waals surface area contributed by atoms with Crippen LogP contribution >= 0.6 is 15.9 Å². The summed E-state index contributed by atoms with van der Waals surface area (Å²) in [6.45, 7) is 1.31. The predicted octanol–water partition coefficient (Wildman–Crippen LogP) is 4.93. The molecule has 0 saturated carbocycles. The molecule has 0 fully saturated rings. The molecule has 0 atom stereocenters. The van der Waals surface area contributed by atoms with Gasteiger partial charge in [0.25, 0.3) is 5.91 Å². The van der Waals surface area contributed by atoms with Gasteiger partial charge in [-0.1, -0.05) is 34.1 Å². The van der Waals surface area contributed by atoms with Gasteiger partial charge in [0.1, 0.15) is 11.3 Å².